The Balaban J connectivity index is 2.66. The lowest BCUT2D eigenvalue weighted by molar-refractivity contribution is 0.944. The molecule has 6 heteroatoms. The Morgan fingerprint density at radius 3 is 3.08 bits per heavy atom. The summed E-state index contributed by atoms with van der Waals surface area (Å²) < 4.78 is 2.25. The van der Waals surface area contributed by atoms with E-state index in [0.29, 0.717) is 9.39 Å². The molecule has 0 unspecified atom stereocenters. The molecule has 66 valence electrons. The second kappa shape index (κ2) is 3.29. The van der Waals surface area contributed by atoms with E-state index in [0.717, 1.165) is 0 Å². The summed E-state index contributed by atoms with van der Waals surface area (Å²) >= 11 is 1.95. The first-order chi connectivity index (χ1) is 6.29. The van der Waals surface area contributed by atoms with Gasteiger partial charge in [0.1, 0.15) is 9.90 Å². The van der Waals surface area contributed by atoms with Gasteiger partial charge in [-0.1, -0.05) is 0 Å². The summed E-state index contributed by atoms with van der Waals surface area (Å²) in [4.78, 5) is 21.6. The summed E-state index contributed by atoms with van der Waals surface area (Å²) in [6, 6.07) is 0. The number of imidazole rings is 1. The highest BCUT2D eigenvalue weighted by Gasteiger charge is 2.05. The van der Waals surface area contributed by atoms with Gasteiger partial charge in [-0.15, -0.1) is 0 Å². The summed E-state index contributed by atoms with van der Waals surface area (Å²) in [6.07, 6.45) is 6.35. The topological polar surface area (TPSA) is 63.6 Å². The number of nitrogens with one attached hydrogen (secondary N) is 1. The molecule has 0 amide bonds. The minimum atomic E-state index is -0.140. The Bertz CT molecular complexity index is 462. The average molecular weight is 288 g/mol. The molecule has 0 radical (unpaired) electrons. The van der Waals surface area contributed by atoms with Crippen LogP contribution in [0.15, 0.2) is 29.8 Å². The molecule has 0 bridgehead atoms. The lowest BCUT2D eigenvalue weighted by Gasteiger charge is -2.00. The van der Waals surface area contributed by atoms with Crippen molar-refractivity contribution < 1.29 is 0 Å². The molecular formula is C7H5IN4O. The predicted octanol–water partition coefficient (Wildman–Crippen LogP) is 0.560. The molecule has 13 heavy (non-hydrogen) atoms. The van der Waals surface area contributed by atoms with E-state index in [1.54, 1.807) is 23.3 Å². The van der Waals surface area contributed by atoms with Crippen molar-refractivity contribution >= 4 is 22.6 Å². The van der Waals surface area contributed by atoms with Crippen molar-refractivity contribution in [3.8, 4) is 5.82 Å². The molecule has 2 heterocycles. The maximum absolute atomic E-state index is 11.2. The zero-order valence-corrected chi connectivity index (χ0v) is 8.59. The van der Waals surface area contributed by atoms with Crippen LogP contribution >= 0.6 is 22.6 Å². The van der Waals surface area contributed by atoms with E-state index in [4.69, 9.17) is 0 Å². The van der Waals surface area contributed by atoms with Gasteiger partial charge in [-0.05, 0) is 22.6 Å². The van der Waals surface area contributed by atoms with E-state index in [1.165, 1.54) is 6.33 Å². The summed E-state index contributed by atoms with van der Waals surface area (Å²) in [6.45, 7) is 0. The monoisotopic (exact) mass is 288 g/mol. The van der Waals surface area contributed by atoms with Crippen LogP contribution in [0.4, 0.5) is 0 Å². The van der Waals surface area contributed by atoms with E-state index >= 15 is 0 Å². The van der Waals surface area contributed by atoms with Crippen LogP contribution < -0.4 is 5.56 Å². The van der Waals surface area contributed by atoms with Crippen molar-refractivity contribution in [3.63, 3.8) is 0 Å². The van der Waals surface area contributed by atoms with Crippen LogP contribution in [-0.2, 0) is 0 Å². The summed E-state index contributed by atoms with van der Waals surface area (Å²) in [5.41, 5.74) is -0.140. The fraction of sp³-hybridized carbons (Fsp3) is 0. The van der Waals surface area contributed by atoms with Gasteiger partial charge in [-0.3, -0.25) is 9.36 Å². The van der Waals surface area contributed by atoms with Crippen LogP contribution in [0.5, 0.6) is 0 Å². The van der Waals surface area contributed by atoms with Crippen molar-refractivity contribution in [3.05, 3.63) is 39.0 Å². The summed E-state index contributed by atoms with van der Waals surface area (Å²) in [5, 5.41) is 0. The van der Waals surface area contributed by atoms with Crippen LogP contribution in [0.2, 0.25) is 0 Å². The molecule has 0 aliphatic carbocycles. The van der Waals surface area contributed by atoms with E-state index in [1.807, 2.05) is 22.6 Å². The molecule has 0 fully saturated rings. The molecule has 0 aliphatic heterocycles. The van der Waals surface area contributed by atoms with Crippen molar-refractivity contribution in [2.45, 2.75) is 0 Å². The number of nitrogens with zero attached hydrogens (tertiary/aromatic N) is 3. The van der Waals surface area contributed by atoms with Gasteiger partial charge in [0.15, 0.2) is 5.82 Å². The quantitative estimate of drug-likeness (QED) is 0.780. The molecule has 2 rings (SSSR count). The molecule has 0 spiro atoms. The Morgan fingerprint density at radius 1 is 1.54 bits per heavy atom. The van der Waals surface area contributed by atoms with Crippen LogP contribution in [-0.4, -0.2) is 19.5 Å². The molecule has 0 aliphatic rings. The van der Waals surface area contributed by atoms with Gasteiger partial charge in [0.05, 0.1) is 6.33 Å². The van der Waals surface area contributed by atoms with Crippen molar-refractivity contribution in [2.75, 3.05) is 0 Å². The highest BCUT2D eigenvalue weighted by atomic mass is 127. The molecule has 5 nitrogen and oxygen atoms in total. The van der Waals surface area contributed by atoms with Gasteiger partial charge in [0.2, 0.25) is 0 Å². The second-order valence-electron chi connectivity index (χ2n) is 2.34. The number of hydrogen-bond donors (Lipinski definition) is 1. The largest absolute Gasteiger partial charge is 0.312 e. The van der Waals surface area contributed by atoms with Gasteiger partial charge in [-0.2, -0.15) is 0 Å². The highest BCUT2D eigenvalue weighted by molar-refractivity contribution is 14.1. The van der Waals surface area contributed by atoms with Crippen LogP contribution in [0.1, 0.15) is 0 Å². The Kier molecular flexibility index (Phi) is 2.13. The third kappa shape index (κ3) is 1.48. The smallest absolute Gasteiger partial charge is 0.266 e. The number of aromatic nitrogens is 4. The third-order valence-electron chi connectivity index (χ3n) is 1.53. The van der Waals surface area contributed by atoms with Gasteiger partial charge < -0.3 is 4.98 Å². The van der Waals surface area contributed by atoms with Crippen molar-refractivity contribution in [1.29, 1.82) is 0 Å². The Hall–Kier alpha value is -1.18. The first-order valence-corrected chi connectivity index (χ1v) is 4.58. The Labute approximate surface area is 87.0 Å². The van der Waals surface area contributed by atoms with Gasteiger partial charge in [0.25, 0.3) is 5.56 Å². The SMILES string of the molecule is O=c1[nH]cnc(-n2ccnc2)c1I. The van der Waals surface area contributed by atoms with E-state index in [2.05, 4.69) is 15.0 Å². The first kappa shape index (κ1) is 8.42. The average Bonchev–Trinajstić information content (AvgIpc) is 2.62. The fourth-order valence-corrected chi connectivity index (χ4v) is 1.51. The minimum absolute atomic E-state index is 0.140. The maximum Gasteiger partial charge on any atom is 0.266 e. The molecule has 0 saturated heterocycles. The van der Waals surface area contributed by atoms with Crippen LogP contribution in [0, 0.1) is 3.57 Å². The number of H-pyrrole nitrogens is 1. The molecule has 2 aromatic heterocycles. The molecule has 0 saturated carbocycles. The molecule has 2 aromatic rings. The second-order valence-corrected chi connectivity index (χ2v) is 3.42. The van der Waals surface area contributed by atoms with E-state index < -0.39 is 0 Å². The zero-order valence-electron chi connectivity index (χ0n) is 6.44. The van der Waals surface area contributed by atoms with E-state index in [9.17, 15) is 4.79 Å². The fourth-order valence-electron chi connectivity index (χ4n) is 0.938. The van der Waals surface area contributed by atoms with Crippen molar-refractivity contribution in [1.82, 2.24) is 19.5 Å². The lowest BCUT2D eigenvalue weighted by atomic mass is 10.5. The minimum Gasteiger partial charge on any atom is -0.312 e. The standard InChI is InChI=1S/C7H5IN4O/c8-5-6(10-3-11-7(5)13)12-2-1-9-4-12/h1-4H,(H,10,11,13). The molecular weight excluding hydrogens is 283 g/mol. The number of hydrogen-bond acceptors (Lipinski definition) is 3. The normalized spacial score (nSPS) is 10.2. The lowest BCUT2D eigenvalue weighted by Crippen LogP contribution is -2.14. The number of aromatic amines is 1. The summed E-state index contributed by atoms with van der Waals surface area (Å²) in [7, 11) is 0. The van der Waals surface area contributed by atoms with E-state index in [-0.39, 0.29) is 5.56 Å². The molecule has 1 N–H and O–H groups in total. The van der Waals surface area contributed by atoms with Crippen LogP contribution in [0.3, 0.4) is 0 Å². The van der Waals surface area contributed by atoms with Crippen molar-refractivity contribution in [2.24, 2.45) is 0 Å². The predicted molar refractivity (Wildman–Crippen MR) is 54.7 cm³/mol. The third-order valence-corrected chi connectivity index (χ3v) is 2.50. The number of halogens is 1. The first-order valence-electron chi connectivity index (χ1n) is 3.50. The highest BCUT2D eigenvalue weighted by Crippen LogP contribution is 2.07. The van der Waals surface area contributed by atoms with Gasteiger partial charge in [-0.25, -0.2) is 9.97 Å². The van der Waals surface area contributed by atoms with Gasteiger partial charge >= 0.3 is 0 Å². The number of rotatable bonds is 1. The zero-order chi connectivity index (χ0) is 9.26. The summed E-state index contributed by atoms with van der Waals surface area (Å²) in [5.74, 6) is 0.599. The Morgan fingerprint density at radius 2 is 2.38 bits per heavy atom. The molecule has 0 atom stereocenters. The van der Waals surface area contributed by atoms with Gasteiger partial charge in [0, 0.05) is 12.4 Å². The van der Waals surface area contributed by atoms with Crippen LogP contribution in [0.25, 0.3) is 5.82 Å². The maximum atomic E-state index is 11.2. The molecule has 0 aromatic carbocycles.